The van der Waals surface area contributed by atoms with Gasteiger partial charge in [0.2, 0.25) is 0 Å². The van der Waals surface area contributed by atoms with Gasteiger partial charge in [-0.05, 0) is 71.8 Å². The third-order valence-corrected chi connectivity index (χ3v) is 9.23. The van der Waals surface area contributed by atoms with Crippen LogP contribution in [-0.4, -0.2) is 36.0 Å². The maximum atomic E-state index is 14.1. The van der Waals surface area contributed by atoms with E-state index in [0.29, 0.717) is 67.2 Å². The number of hydrogen-bond acceptors (Lipinski definition) is 6. The number of anilines is 2. The SMILES string of the molecule is COc1cccc(NC(=O)c2cc(-c3ccccc3)nc3ccc(-c4ccc5nc(-c6ccccc6)cc(C(=O)Nc6cccc(OC)c6)c5c4)cc23)c1. The predicted molar refractivity (Wildman–Crippen MR) is 215 cm³/mol. The molecule has 0 aliphatic heterocycles. The van der Waals surface area contributed by atoms with E-state index in [2.05, 4.69) is 10.6 Å². The Hall–Kier alpha value is -7.32. The second-order valence-corrected chi connectivity index (χ2v) is 12.7. The van der Waals surface area contributed by atoms with Crippen LogP contribution < -0.4 is 20.1 Å². The van der Waals surface area contributed by atoms with Gasteiger partial charge in [0, 0.05) is 45.4 Å². The maximum Gasteiger partial charge on any atom is 0.256 e. The zero-order valence-electron chi connectivity index (χ0n) is 29.5. The van der Waals surface area contributed by atoms with Gasteiger partial charge in [0.05, 0.1) is 47.8 Å². The molecule has 8 nitrogen and oxygen atoms in total. The fourth-order valence-electron chi connectivity index (χ4n) is 6.50. The van der Waals surface area contributed by atoms with Crippen molar-refractivity contribution in [3.8, 4) is 45.1 Å². The van der Waals surface area contributed by atoms with Gasteiger partial charge in [0.25, 0.3) is 11.8 Å². The highest BCUT2D eigenvalue weighted by Gasteiger charge is 2.19. The van der Waals surface area contributed by atoms with Crippen molar-refractivity contribution in [3.63, 3.8) is 0 Å². The van der Waals surface area contributed by atoms with Crippen molar-refractivity contribution in [1.29, 1.82) is 0 Å². The monoisotopic (exact) mass is 706 g/mol. The maximum absolute atomic E-state index is 14.1. The first-order valence-corrected chi connectivity index (χ1v) is 17.4. The Morgan fingerprint density at radius 3 is 1.28 bits per heavy atom. The molecule has 0 aliphatic rings. The van der Waals surface area contributed by atoms with Crippen LogP contribution in [0.3, 0.4) is 0 Å². The molecule has 54 heavy (non-hydrogen) atoms. The van der Waals surface area contributed by atoms with Crippen LogP contribution in [0.5, 0.6) is 11.5 Å². The summed E-state index contributed by atoms with van der Waals surface area (Å²) in [6.45, 7) is 0. The Kier molecular flexibility index (Phi) is 9.22. The van der Waals surface area contributed by atoms with Gasteiger partial charge in [-0.3, -0.25) is 9.59 Å². The fourth-order valence-corrected chi connectivity index (χ4v) is 6.50. The number of carbonyl (C=O) groups is 2. The molecule has 8 aromatic rings. The van der Waals surface area contributed by atoms with Crippen molar-refractivity contribution in [3.05, 3.63) is 169 Å². The third-order valence-electron chi connectivity index (χ3n) is 9.23. The van der Waals surface area contributed by atoms with E-state index in [9.17, 15) is 9.59 Å². The van der Waals surface area contributed by atoms with Gasteiger partial charge in [0.15, 0.2) is 0 Å². The van der Waals surface area contributed by atoms with Crippen LogP contribution in [0.1, 0.15) is 20.7 Å². The van der Waals surface area contributed by atoms with Crippen molar-refractivity contribution < 1.29 is 19.1 Å². The fraction of sp³-hybridized carbons (Fsp3) is 0.0435. The Balaban J connectivity index is 1.24. The average Bonchev–Trinajstić information content (AvgIpc) is 3.23. The van der Waals surface area contributed by atoms with Crippen LogP contribution in [0.25, 0.3) is 55.4 Å². The van der Waals surface area contributed by atoms with E-state index in [1.807, 2.05) is 146 Å². The Bertz CT molecular complexity index is 2490. The van der Waals surface area contributed by atoms with Gasteiger partial charge < -0.3 is 20.1 Å². The molecule has 262 valence electrons. The predicted octanol–water partition coefficient (Wildman–Crippen LogP) is 10.3. The minimum Gasteiger partial charge on any atom is -0.497 e. The molecule has 6 aromatic carbocycles. The molecule has 8 heteroatoms. The Morgan fingerprint density at radius 2 is 0.870 bits per heavy atom. The normalized spacial score (nSPS) is 10.9. The van der Waals surface area contributed by atoms with E-state index in [-0.39, 0.29) is 11.8 Å². The second-order valence-electron chi connectivity index (χ2n) is 12.7. The van der Waals surface area contributed by atoms with Crippen molar-refractivity contribution in [2.75, 3.05) is 24.9 Å². The number of ether oxygens (including phenoxy) is 2. The largest absolute Gasteiger partial charge is 0.497 e. The second kappa shape index (κ2) is 14.7. The molecule has 0 atom stereocenters. The summed E-state index contributed by atoms with van der Waals surface area (Å²) in [6, 6.07) is 49.5. The molecule has 8 rings (SSSR count). The zero-order valence-corrected chi connectivity index (χ0v) is 29.5. The summed E-state index contributed by atoms with van der Waals surface area (Å²) >= 11 is 0. The summed E-state index contributed by atoms with van der Waals surface area (Å²) in [5.74, 6) is 0.714. The number of nitrogens with one attached hydrogen (secondary N) is 2. The van der Waals surface area contributed by atoms with Crippen LogP contribution in [0.2, 0.25) is 0 Å². The molecule has 0 bridgehead atoms. The number of amides is 2. The van der Waals surface area contributed by atoms with E-state index in [4.69, 9.17) is 19.4 Å². The van der Waals surface area contributed by atoms with Crippen LogP contribution in [-0.2, 0) is 0 Å². The quantitative estimate of drug-likeness (QED) is 0.155. The minimum absolute atomic E-state index is 0.280. The average molecular weight is 707 g/mol. The molecular formula is C46H34N4O4. The summed E-state index contributed by atoms with van der Waals surface area (Å²) in [6.07, 6.45) is 0. The molecule has 2 aromatic heterocycles. The highest BCUT2D eigenvalue weighted by molar-refractivity contribution is 6.15. The lowest BCUT2D eigenvalue weighted by atomic mass is 9.96. The van der Waals surface area contributed by atoms with Crippen LogP contribution in [0, 0.1) is 0 Å². The van der Waals surface area contributed by atoms with E-state index >= 15 is 0 Å². The molecule has 0 radical (unpaired) electrons. The van der Waals surface area contributed by atoms with Crippen LogP contribution in [0.4, 0.5) is 11.4 Å². The molecule has 2 amide bonds. The first kappa shape index (κ1) is 33.8. The highest BCUT2D eigenvalue weighted by Crippen LogP contribution is 2.34. The Labute approximate surface area is 312 Å². The molecule has 0 saturated carbocycles. The molecule has 2 N–H and O–H groups in total. The number of aromatic nitrogens is 2. The standard InChI is InChI=1S/C46H34N4O4/c1-53-35-17-9-15-33(25-35)47-45(51)39-27-43(29-11-5-3-6-12-29)49-41-21-19-31(23-37(39)41)32-20-22-42-38(24-32)40(28-44(50-42)30-13-7-4-8-14-30)46(52)48-34-16-10-18-36(26-34)54-2/h3-28H,1-2H3,(H,47,51)(H,48,52). The number of carbonyl (C=O) groups excluding carboxylic acids is 2. The van der Waals surface area contributed by atoms with Gasteiger partial charge in [-0.15, -0.1) is 0 Å². The number of nitrogens with zero attached hydrogens (tertiary/aromatic N) is 2. The van der Waals surface area contributed by atoms with E-state index in [0.717, 1.165) is 22.3 Å². The smallest absolute Gasteiger partial charge is 0.256 e. The summed E-state index contributed by atoms with van der Waals surface area (Å²) < 4.78 is 10.8. The number of methoxy groups -OCH3 is 2. The van der Waals surface area contributed by atoms with Crippen molar-refractivity contribution in [1.82, 2.24) is 9.97 Å². The van der Waals surface area contributed by atoms with E-state index in [1.165, 1.54) is 0 Å². The summed E-state index contributed by atoms with van der Waals surface area (Å²) in [7, 11) is 3.18. The number of pyridine rings is 2. The summed E-state index contributed by atoms with van der Waals surface area (Å²) in [4.78, 5) is 38.0. The lowest BCUT2D eigenvalue weighted by molar-refractivity contribution is 0.102. The van der Waals surface area contributed by atoms with Crippen molar-refractivity contribution in [2.45, 2.75) is 0 Å². The van der Waals surface area contributed by atoms with Crippen molar-refractivity contribution >= 4 is 45.0 Å². The highest BCUT2D eigenvalue weighted by atomic mass is 16.5. The summed E-state index contributed by atoms with van der Waals surface area (Å²) in [5.41, 5.74) is 8.36. The number of hydrogen-bond donors (Lipinski definition) is 2. The number of fused-ring (bicyclic) bond motifs is 2. The van der Waals surface area contributed by atoms with Gasteiger partial charge >= 0.3 is 0 Å². The molecule has 0 fully saturated rings. The molecule has 0 aliphatic carbocycles. The number of rotatable bonds is 9. The molecule has 2 heterocycles. The van der Waals surface area contributed by atoms with Gasteiger partial charge in [0.1, 0.15) is 11.5 Å². The lowest BCUT2D eigenvalue weighted by Gasteiger charge is -2.14. The van der Waals surface area contributed by atoms with E-state index < -0.39 is 0 Å². The minimum atomic E-state index is -0.280. The topological polar surface area (TPSA) is 102 Å². The first-order chi connectivity index (χ1) is 26.4. The van der Waals surface area contributed by atoms with Crippen LogP contribution in [0.15, 0.2) is 158 Å². The summed E-state index contributed by atoms with van der Waals surface area (Å²) in [5, 5.41) is 7.45. The third kappa shape index (κ3) is 6.96. The molecular weight excluding hydrogens is 673 g/mol. The van der Waals surface area contributed by atoms with Crippen molar-refractivity contribution in [2.24, 2.45) is 0 Å². The number of benzene rings is 6. The molecule has 0 saturated heterocycles. The molecule has 0 unspecified atom stereocenters. The zero-order chi connectivity index (χ0) is 37.0. The van der Waals surface area contributed by atoms with Crippen LogP contribution >= 0.6 is 0 Å². The van der Waals surface area contributed by atoms with Gasteiger partial charge in [-0.25, -0.2) is 9.97 Å². The van der Waals surface area contributed by atoms with Gasteiger partial charge in [-0.2, -0.15) is 0 Å². The Morgan fingerprint density at radius 1 is 0.444 bits per heavy atom. The lowest BCUT2D eigenvalue weighted by Crippen LogP contribution is -2.13. The van der Waals surface area contributed by atoms with Gasteiger partial charge in [-0.1, -0.05) is 84.9 Å². The molecule has 0 spiro atoms. The van der Waals surface area contributed by atoms with E-state index in [1.54, 1.807) is 26.4 Å². The first-order valence-electron chi connectivity index (χ1n) is 17.4.